The van der Waals surface area contributed by atoms with Gasteiger partial charge in [-0.15, -0.1) is 10.2 Å². The molecule has 4 aromatic heterocycles. The molecule has 0 spiro atoms. The lowest BCUT2D eigenvalue weighted by atomic mass is 10.0. The van der Waals surface area contributed by atoms with Gasteiger partial charge in [0.1, 0.15) is 5.76 Å². The van der Waals surface area contributed by atoms with E-state index in [4.69, 9.17) is 4.42 Å². The van der Waals surface area contributed by atoms with Crippen molar-refractivity contribution in [3.63, 3.8) is 0 Å². The fourth-order valence-corrected chi connectivity index (χ4v) is 4.63. The minimum Gasteiger partial charge on any atom is -0.467 e. The standard InChI is InChI=1S/C23H23N5O3S/c1-13-19(15(3)29)14(2)25-20(13)21(30)16(4)32-23-27-26-22(17-7-5-9-24-11-17)28(23)12-18-8-6-10-31-18/h5-11,16,25H,12H2,1-4H3/t16-/m0/s1. The van der Waals surface area contributed by atoms with Gasteiger partial charge in [0.05, 0.1) is 23.8 Å². The number of thioether (sulfide) groups is 1. The number of furan rings is 1. The number of pyridine rings is 1. The van der Waals surface area contributed by atoms with E-state index in [0.717, 1.165) is 11.3 Å². The number of nitrogens with zero attached hydrogens (tertiary/aromatic N) is 4. The molecule has 4 heterocycles. The van der Waals surface area contributed by atoms with Crippen LogP contribution in [0.25, 0.3) is 11.4 Å². The van der Waals surface area contributed by atoms with Crippen LogP contribution >= 0.6 is 11.8 Å². The number of aryl methyl sites for hydroxylation is 1. The van der Waals surface area contributed by atoms with Crippen molar-refractivity contribution in [2.24, 2.45) is 0 Å². The monoisotopic (exact) mass is 449 g/mol. The molecular formula is C23H23N5O3S. The van der Waals surface area contributed by atoms with Crippen LogP contribution in [0.15, 0.2) is 52.5 Å². The van der Waals surface area contributed by atoms with Gasteiger partial charge in [-0.25, -0.2) is 0 Å². The Bertz CT molecular complexity index is 1260. The largest absolute Gasteiger partial charge is 0.467 e. The normalized spacial score (nSPS) is 12.1. The van der Waals surface area contributed by atoms with Crippen molar-refractivity contribution < 1.29 is 14.0 Å². The Hall–Kier alpha value is -3.46. The topological polar surface area (TPSA) is 107 Å². The minimum absolute atomic E-state index is 0.0603. The molecule has 0 fully saturated rings. The molecule has 8 nitrogen and oxygen atoms in total. The highest BCUT2D eigenvalue weighted by molar-refractivity contribution is 8.00. The first-order chi connectivity index (χ1) is 15.4. The maximum absolute atomic E-state index is 13.2. The summed E-state index contributed by atoms with van der Waals surface area (Å²) in [6, 6.07) is 7.45. The number of carbonyl (C=O) groups is 2. The van der Waals surface area contributed by atoms with Gasteiger partial charge in [-0.05, 0) is 57.5 Å². The number of nitrogens with one attached hydrogen (secondary N) is 1. The fraction of sp³-hybridized carbons (Fsp3) is 0.261. The van der Waals surface area contributed by atoms with E-state index in [2.05, 4.69) is 20.2 Å². The number of carbonyl (C=O) groups excluding carboxylic acids is 2. The molecule has 0 radical (unpaired) electrons. The van der Waals surface area contributed by atoms with Crippen molar-refractivity contribution in [1.82, 2.24) is 24.7 Å². The number of rotatable bonds is 8. The van der Waals surface area contributed by atoms with Crippen LogP contribution in [0.4, 0.5) is 0 Å². The van der Waals surface area contributed by atoms with E-state index >= 15 is 0 Å². The summed E-state index contributed by atoms with van der Waals surface area (Å²) in [6.45, 7) is 7.35. The van der Waals surface area contributed by atoms with Crippen LogP contribution in [0, 0.1) is 13.8 Å². The average Bonchev–Trinajstić information content (AvgIpc) is 3.49. The Morgan fingerprint density at radius 1 is 1.22 bits per heavy atom. The lowest BCUT2D eigenvalue weighted by Crippen LogP contribution is -2.16. The minimum atomic E-state index is -0.451. The van der Waals surface area contributed by atoms with Gasteiger partial charge in [0.25, 0.3) is 0 Å². The van der Waals surface area contributed by atoms with Crippen molar-refractivity contribution in [2.45, 2.75) is 44.6 Å². The predicted octanol–water partition coefficient (Wildman–Crippen LogP) is 4.49. The van der Waals surface area contributed by atoms with Crippen LogP contribution in [0.3, 0.4) is 0 Å². The van der Waals surface area contributed by atoms with Crippen molar-refractivity contribution in [3.8, 4) is 11.4 Å². The number of Topliss-reactive ketones (excluding diaryl/α,β-unsaturated/α-hetero) is 2. The van der Waals surface area contributed by atoms with Crippen LogP contribution < -0.4 is 0 Å². The second kappa shape index (κ2) is 8.96. The highest BCUT2D eigenvalue weighted by atomic mass is 32.2. The maximum Gasteiger partial charge on any atom is 0.192 e. The van der Waals surface area contributed by atoms with Crippen LogP contribution in [-0.2, 0) is 6.54 Å². The van der Waals surface area contributed by atoms with Crippen LogP contribution in [0.1, 0.15) is 51.7 Å². The molecule has 0 unspecified atom stereocenters. The van der Waals surface area contributed by atoms with Gasteiger partial charge in [-0.1, -0.05) is 11.8 Å². The molecule has 0 aromatic carbocycles. The number of ketones is 2. The average molecular weight is 450 g/mol. The zero-order valence-corrected chi connectivity index (χ0v) is 19.1. The summed E-state index contributed by atoms with van der Waals surface area (Å²) in [5.41, 5.74) is 3.23. The van der Waals surface area contributed by atoms with Crippen molar-refractivity contribution in [1.29, 1.82) is 0 Å². The number of aromatic nitrogens is 5. The Morgan fingerprint density at radius 2 is 2.03 bits per heavy atom. The summed E-state index contributed by atoms with van der Waals surface area (Å²) in [5, 5.41) is 8.85. The number of aromatic amines is 1. The summed E-state index contributed by atoms with van der Waals surface area (Å²) in [5.74, 6) is 1.23. The molecule has 0 saturated heterocycles. The first-order valence-electron chi connectivity index (χ1n) is 10.1. The molecule has 32 heavy (non-hydrogen) atoms. The molecule has 4 aromatic rings. The van der Waals surface area contributed by atoms with Crippen molar-refractivity contribution >= 4 is 23.3 Å². The smallest absolute Gasteiger partial charge is 0.192 e. The van der Waals surface area contributed by atoms with E-state index in [1.807, 2.05) is 35.8 Å². The molecule has 0 bridgehead atoms. The number of hydrogen-bond acceptors (Lipinski definition) is 7. The van der Waals surface area contributed by atoms with E-state index in [9.17, 15) is 9.59 Å². The SMILES string of the molecule is CC(=O)c1c(C)[nH]c(C(=O)[C@H](C)Sc2nnc(-c3cccnc3)n2Cc2ccco2)c1C. The summed E-state index contributed by atoms with van der Waals surface area (Å²) in [4.78, 5) is 32.4. The van der Waals surface area contributed by atoms with Gasteiger partial charge in [-0.2, -0.15) is 0 Å². The van der Waals surface area contributed by atoms with Gasteiger partial charge in [0, 0.05) is 29.2 Å². The zero-order valence-electron chi connectivity index (χ0n) is 18.2. The molecule has 0 amide bonds. The van der Waals surface area contributed by atoms with Crippen LogP contribution in [0.5, 0.6) is 0 Å². The van der Waals surface area contributed by atoms with Crippen LogP contribution in [0.2, 0.25) is 0 Å². The van der Waals surface area contributed by atoms with Crippen LogP contribution in [-0.4, -0.2) is 41.5 Å². The van der Waals surface area contributed by atoms with Crippen molar-refractivity contribution in [2.75, 3.05) is 0 Å². The highest BCUT2D eigenvalue weighted by Crippen LogP contribution is 2.30. The number of hydrogen-bond donors (Lipinski definition) is 1. The third-order valence-electron chi connectivity index (χ3n) is 5.22. The summed E-state index contributed by atoms with van der Waals surface area (Å²) >= 11 is 1.32. The summed E-state index contributed by atoms with van der Waals surface area (Å²) < 4.78 is 7.44. The fourth-order valence-electron chi connectivity index (χ4n) is 3.72. The second-order valence-corrected chi connectivity index (χ2v) is 8.83. The van der Waals surface area contributed by atoms with Gasteiger partial charge >= 0.3 is 0 Å². The molecule has 1 N–H and O–H groups in total. The Labute approximate surface area is 189 Å². The Balaban J connectivity index is 1.65. The zero-order chi connectivity index (χ0) is 22.8. The molecule has 164 valence electrons. The lowest BCUT2D eigenvalue weighted by Gasteiger charge is -2.12. The molecule has 0 aliphatic heterocycles. The van der Waals surface area contributed by atoms with E-state index < -0.39 is 5.25 Å². The summed E-state index contributed by atoms with van der Waals surface area (Å²) in [7, 11) is 0. The lowest BCUT2D eigenvalue weighted by molar-refractivity contribution is 0.0988. The van der Waals surface area contributed by atoms with Gasteiger partial charge in [0.15, 0.2) is 22.5 Å². The molecule has 4 rings (SSSR count). The Kier molecular flexibility index (Phi) is 6.09. The molecule has 0 aliphatic carbocycles. The molecule has 1 atom stereocenters. The molecule has 0 aliphatic rings. The number of H-pyrrole nitrogens is 1. The second-order valence-electron chi connectivity index (χ2n) is 7.52. The maximum atomic E-state index is 13.2. The quantitative estimate of drug-likeness (QED) is 0.312. The third-order valence-corrected chi connectivity index (χ3v) is 6.30. The molecule has 9 heteroatoms. The first kappa shape index (κ1) is 21.8. The van der Waals surface area contributed by atoms with E-state index in [1.54, 1.807) is 32.5 Å². The third kappa shape index (κ3) is 4.16. The van der Waals surface area contributed by atoms with Gasteiger partial charge in [-0.3, -0.25) is 19.1 Å². The van der Waals surface area contributed by atoms with E-state index in [1.165, 1.54) is 18.7 Å². The van der Waals surface area contributed by atoms with Gasteiger partial charge < -0.3 is 9.40 Å². The van der Waals surface area contributed by atoms with Gasteiger partial charge in [0.2, 0.25) is 0 Å². The first-order valence-corrected chi connectivity index (χ1v) is 11.0. The predicted molar refractivity (Wildman–Crippen MR) is 121 cm³/mol. The molecular weight excluding hydrogens is 426 g/mol. The summed E-state index contributed by atoms with van der Waals surface area (Å²) in [6.07, 6.45) is 5.04. The Morgan fingerprint density at radius 3 is 2.66 bits per heavy atom. The van der Waals surface area contributed by atoms with Crippen molar-refractivity contribution in [3.05, 3.63) is 71.2 Å². The van der Waals surface area contributed by atoms with E-state index in [-0.39, 0.29) is 11.6 Å². The van der Waals surface area contributed by atoms with E-state index in [0.29, 0.717) is 40.0 Å². The molecule has 0 saturated carbocycles. The highest BCUT2D eigenvalue weighted by Gasteiger charge is 2.26.